The molecule has 1 aliphatic carbocycles. The van der Waals surface area contributed by atoms with Crippen LogP contribution in [0.1, 0.15) is 31.9 Å². The van der Waals surface area contributed by atoms with Crippen LogP contribution in [0, 0.1) is 18.8 Å². The third-order valence-corrected chi connectivity index (χ3v) is 4.23. The first-order chi connectivity index (χ1) is 8.76. The summed E-state index contributed by atoms with van der Waals surface area (Å²) >= 11 is 0. The number of nitrogens with one attached hydrogen (secondary N) is 1. The number of anilines is 2. The zero-order valence-electron chi connectivity index (χ0n) is 11.3. The Balaban J connectivity index is 1.79. The van der Waals surface area contributed by atoms with E-state index < -0.39 is 0 Å². The maximum Gasteiger partial charge on any atom is 0.224 e. The van der Waals surface area contributed by atoms with Gasteiger partial charge in [-0.1, -0.05) is 6.42 Å². The van der Waals surface area contributed by atoms with Crippen molar-refractivity contribution in [2.75, 3.05) is 29.9 Å². The molecule has 18 heavy (non-hydrogen) atoms. The van der Waals surface area contributed by atoms with Gasteiger partial charge < -0.3 is 10.2 Å². The summed E-state index contributed by atoms with van der Waals surface area (Å²) in [5.74, 6) is 3.68. The molecule has 2 unspecified atom stereocenters. The quantitative estimate of drug-likeness (QED) is 0.889. The van der Waals surface area contributed by atoms with Crippen LogP contribution in [0.15, 0.2) is 6.07 Å². The molecule has 0 bridgehead atoms. The predicted octanol–water partition coefficient (Wildman–Crippen LogP) is 2.45. The number of aromatic nitrogens is 2. The fraction of sp³-hybridized carbons (Fsp3) is 0.714. The van der Waals surface area contributed by atoms with Crippen LogP contribution in [-0.2, 0) is 0 Å². The van der Waals surface area contributed by atoms with Gasteiger partial charge >= 0.3 is 0 Å². The van der Waals surface area contributed by atoms with Crippen molar-refractivity contribution >= 4 is 11.8 Å². The van der Waals surface area contributed by atoms with Crippen molar-refractivity contribution < 1.29 is 0 Å². The van der Waals surface area contributed by atoms with Gasteiger partial charge in [-0.25, -0.2) is 4.98 Å². The third-order valence-electron chi connectivity index (χ3n) is 4.23. The molecule has 0 aromatic carbocycles. The van der Waals surface area contributed by atoms with Crippen LogP contribution in [0.4, 0.5) is 11.8 Å². The van der Waals surface area contributed by atoms with Gasteiger partial charge in [-0.05, 0) is 38.5 Å². The normalized spacial score (nSPS) is 26.4. The molecule has 3 rings (SSSR count). The van der Waals surface area contributed by atoms with Gasteiger partial charge in [0.25, 0.3) is 0 Å². The summed E-state index contributed by atoms with van der Waals surface area (Å²) in [6, 6.07) is 2.11. The molecular weight excluding hydrogens is 224 g/mol. The first kappa shape index (κ1) is 11.8. The van der Waals surface area contributed by atoms with E-state index in [2.05, 4.69) is 33.2 Å². The Hall–Kier alpha value is -1.32. The highest BCUT2D eigenvalue weighted by molar-refractivity contribution is 5.46. The predicted molar refractivity (Wildman–Crippen MR) is 74.0 cm³/mol. The fourth-order valence-corrected chi connectivity index (χ4v) is 3.37. The molecule has 1 aliphatic heterocycles. The maximum absolute atomic E-state index is 4.64. The van der Waals surface area contributed by atoms with E-state index in [1.165, 1.54) is 32.4 Å². The highest BCUT2D eigenvalue weighted by Crippen LogP contribution is 2.39. The van der Waals surface area contributed by atoms with Crippen molar-refractivity contribution in [2.45, 2.75) is 33.1 Å². The van der Waals surface area contributed by atoms with Gasteiger partial charge in [0, 0.05) is 31.4 Å². The van der Waals surface area contributed by atoms with Crippen molar-refractivity contribution in [3.63, 3.8) is 0 Å². The fourth-order valence-electron chi connectivity index (χ4n) is 3.37. The number of rotatable bonds is 3. The lowest BCUT2D eigenvalue weighted by atomic mass is 10.0. The SMILES string of the molecule is CCNc1nc(C)cc(N2CC3CCCC3C2)n1. The second-order valence-corrected chi connectivity index (χ2v) is 5.58. The molecule has 4 heteroatoms. The first-order valence-corrected chi connectivity index (χ1v) is 7.10. The van der Waals surface area contributed by atoms with Gasteiger partial charge in [0.15, 0.2) is 0 Å². The highest BCUT2D eigenvalue weighted by atomic mass is 15.2. The van der Waals surface area contributed by atoms with Gasteiger partial charge in [0.05, 0.1) is 0 Å². The Morgan fingerprint density at radius 2 is 2.00 bits per heavy atom. The molecule has 0 radical (unpaired) electrons. The van der Waals surface area contributed by atoms with Crippen LogP contribution < -0.4 is 10.2 Å². The molecular formula is C14H22N4. The Bertz CT molecular complexity index is 420. The lowest BCUT2D eigenvalue weighted by Gasteiger charge is -2.19. The molecule has 1 aromatic heterocycles. The molecule has 2 heterocycles. The summed E-state index contributed by atoms with van der Waals surface area (Å²) in [6.45, 7) is 7.36. The topological polar surface area (TPSA) is 41.1 Å². The molecule has 2 fully saturated rings. The number of hydrogen-bond acceptors (Lipinski definition) is 4. The molecule has 98 valence electrons. The Morgan fingerprint density at radius 3 is 2.67 bits per heavy atom. The largest absolute Gasteiger partial charge is 0.356 e. The van der Waals surface area contributed by atoms with E-state index in [0.29, 0.717) is 0 Å². The molecule has 4 nitrogen and oxygen atoms in total. The summed E-state index contributed by atoms with van der Waals surface area (Å²) in [6.07, 6.45) is 4.24. The van der Waals surface area contributed by atoms with Crippen LogP contribution in [-0.4, -0.2) is 29.6 Å². The smallest absolute Gasteiger partial charge is 0.224 e. The molecule has 0 spiro atoms. The van der Waals surface area contributed by atoms with Crippen molar-refractivity contribution in [2.24, 2.45) is 11.8 Å². The zero-order valence-corrected chi connectivity index (χ0v) is 11.3. The average molecular weight is 246 g/mol. The van der Waals surface area contributed by atoms with Crippen LogP contribution in [0.2, 0.25) is 0 Å². The summed E-state index contributed by atoms with van der Waals surface area (Å²) in [7, 11) is 0. The molecule has 1 N–H and O–H groups in total. The van der Waals surface area contributed by atoms with E-state index in [-0.39, 0.29) is 0 Å². The second-order valence-electron chi connectivity index (χ2n) is 5.58. The van der Waals surface area contributed by atoms with Gasteiger partial charge in [0.2, 0.25) is 5.95 Å². The van der Waals surface area contributed by atoms with Gasteiger partial charge in [0.1, 0.15) is 5.82 Å². The van der Waals surface area contributed by atoms with E-state index in [4.69, 9.17) is 0 Å². The molecule has 1 saturated heterocycles. The minimum atomic E-state index is 0.768. The first-order valence-electron chi connectivity index (χ1n) is 7.10. The Labute approximate surface area is 109 Å². The average Bonchev–Trinajstić information content (AvgIpc) is 2.88. The van der Waals surface area contributed by atoms with Crippen molar-refractivity contribution in [1.29, 1.82) is 0 Å². The zero-order chi connectivity index (χ0) is 12.5. The second kappa shape index (κ2) is 4.75. The number of hydrogen-bond donors (Lipinski definition) is 1. The molecule has 1 saturated carbocycles. The van der Waals surface area contributed by atoms with E-state index in [1.807, 2.05) is 6.92 Å². The van der Waals surface area contributed by atoms with E-state index in [9.17, 15) is 0 Å². The van der Waals surface area contributed by atoms with Crippen LogP contribution >= 0.6 is 0 Å². The standard InChI is InChI=1S/C14H22N4/c1-3-15-14-16-10(2)7-13(17-14)18-8-11-5-4-6-12(11)9-18/h7,11-12H,3-6,8-9H2,1-2H3,(H,15,16,17). The Kier molecular flexibility index (Phi) is 3.10. The highest BCUT2D eigenvalue weighted by Gasteiger charge is 2.36. The van der Waals surface area contributed by atoms with Crippen molar-refractivity contribution in [3.05, 3.63) is 11.8 Å². The summed E-state index contributed by atoms with van der Waals surface area (Å²) in [5.41, 5.74) is 1.05. The van der Waals surface area contributed by atoms with E-state index in [1.54, 1.807) is 0 Å². The molecule has 2 aliphatic rings. The number of aryl methyl sites for hydroxylation is 1. The number of fused-ring (bicyclic) bond motifs is 1. The van der Waals surface area contributed by atoms with Crippen LogP contribution in [0.5, 0.6) is 0 Å². The summed E-state index contributed by atoms with van der Waals surface area (Å²) in [5, 5.41) is 3.21. The maximum atomic E-state index is 4.64. The third kappa shape index (κ3) is 2.16. The monoisotopic (exact) mass is 246 g/mol. The van der Waals surface area contributed by atoms with Crippen LogP contribution in [0.3, 0.4) is 0 Å². The van der Waals surface area contributed by atoms with Gasteiger partial charge in [-0.15, -0.1) is 0 Å². The lowest BCUT2D eigenvalue weighted by molar-refractivity contribution is 0.494. The molecule has 1 aromatic rings. The van der Waals surface area contributed by atoms with Crippen molar-refractivity contribution in [1.82, 2.24) is 9.97 Å². The van der Waals surface area contributed by atoms with Gasteiger partial charge in [-0.3, -0.25) is 0 Å². The van der Waals surface area contributed by atoms with E-state index in [0.717, 1.165) is 35.8 Å². The van der Waals surface area contributed by atoms with Crippen LogP contribution in [0.25, 0.3) is 0 Å². The minimum Gasteiger partial charge on any atom is -0.356 e. The van der Waals surface area contributed by atoms with Gasteiger partial charge in [-0.2, -0.15) is 4.98 Å². The minimum absolute atomic E-state index is 0.768. The lowest BCUT2D eigenvalue weighted by Crippen LogP contribution is -2.22. The molecule has 2 atom stereocenters. The summed E-state index contributed by atoms with van der Waals surface area (Å²) in [4.78, 5) is 11.5. The summed E-state index contributed by atoms with van der Waals surface area (Å²) < 4.78 is 0. The van der Waals surface area contributed by atoms with Crippen molar-refractivity contribution in [3.8, 4) is 0 Å². The molecule has 0 amide bonds. The number of nitrogens with zero attached hydrogens (tertiary/aromatic N) is 3. The van der Waals surface area contributed by atoms with E-state index >= 15 is 0 Å². The Morgan fingerprint density at radius 1 is 1.28 bits per heavy atom.